The first kappa shape index (κ1) is 21.7. The minimum absolute atomic E-state index is 0.211. The molecule has 3 rings (SSSR count). The highest BCUT2D eigenvalue weighted by Gasteiger charge is 2.60. The molecule has 0 aromatic rings. The maximum atomic E-state index is 13.8. The van der Waals surface area contributed by atoms with Crippen LogP contribution in [0.1, 0.15) is 55.4 Å². The van der Waals surface area contributed by atoms with Crippen molar-refractivity contribution in [3.63, 3.8) is 0 Å². The average Bonchev–Trinajstić information content (AvgIpc) is 3.03. The van der Waals surface area contributed by atoms with Crippen molar-refractivity contribution in [3.05, 3.63) is 42.7 Å². The number of hydrogen-bond donors (Lipinski definition) is 0. The normalized spacial score (nSPS) is 33.4. The topological polar surface area (TPSA) is 71.1 Å². The molecule has 1 saturated carbocycles. The molecule has 0 unspecified atom stereocenters. The van der Waals surface area contributed by atoms with E-state index in [1.807, 2.05) is 68.2 Å². The summed E-state index contributed by atoms with van der Waals surface area (Å²) >= 11 is 0. The number of allylic oxidation sites excluding steroid dienone is 1. The second-order valence-electron chi connectivity index (χ2n) is 9.13. The van der Waals surface area contributed by atoms with Gasteiger partial charge >= 0.3 is 15.2 Å². The van der Waals surface area contributed by atoms with E-state index < -0.39 is 37.6 Å². The molecule has 151 valence electrons. The summed E-state index contributed by atoms with van der Waals surface area (Å²) in [5.74, 6) is 1.92. The van der Waals surface area contributed by atoms with Crippen LogP contribution in [0, 0.1) is 31.6 Å². The summed E-state index contributed by atoms with van der Waals surface area (Å²) < 4.78 is 50.7. The molecule has 3 aliphatic rings. The molecule has 2 saturated heterocycles. The summed E-state index contributed by atoms with van der Waals surface area (Å²) in [7, 11) is -7.44. The third kappa shape index (κ3) is 3.67. The molecule has 0 N–H and O–H groups in total. The maximum Gasteiger partial charge on any atom is 0.359 e. The van der Waals surface area contributed by atoms with E-state index in [1.165, 1.54) is 5.82 Å². The van der Waals surface area contributed by atoms with Gasteiger partial charge in [-0.25, -0.2) is 0 Å². The zero-order valence-electron chi connectivity index (χ0n) is 17.2. The number of rotatable bonds is 3. The first-order valence-electron chi connectivity index (χ1n) is 9.01. The zero-order chi connectivity index (χ0) is 20.5. The Bertz CT molecular complexity index is 703. The van der Waals surface area contributed by atoms with E-state index in [4.69, 9.17) is 18.1 Å². The van der Waals surface area contributed by atoms with Crippen LogP contribution >= 0.6 is 15.2 Å². The molecule has 0 aromatic heterocycles. The maximum absolute atomic E-state index is 13.8. The standard InChI is InChI=1S/C19H29O6P2/c1-16(2)17(3,4)23-26(20,22-16)13-15(14-11-9-10-12-14)27(21)24-18(5,6)19(7,8)25-27/h9-13H,1-8H3/b15-13-. The lowest BCUT2D eigenvalue weighted by molar-refractivity contribution is 0.00578. The summed E-state index contributed by atoms with van der Waals surface area (Å²) in [6.45, 7) is 14.6. The van der Waals surface area contributed by atoms with Gasteiger partial charge in [-0.2, -0.15) is 0 Å². The van der Waals surface area contributed by atoms with Crippen LogP contribution in [0.4, 0.5) is 0 Å². The Hall–Kier alpha value is 0.0400. The summed E-state index contributed by atoms with van der Waals surface area (Å²) in [5, 5.41) is 0.211. The molecule has 5 radical (unpaired) electrons. The second kappa shape index (κ2) is 6.27. The van der Waals surface area contributed by atoms with Gasteiger partial charge < -0.3 is 0 Å². The molecule has 1 aliphatic carbocycles. The van der Waals surface area contributed by atoms with Crippen molar-refractivity contribution in [2.75, 3.05) is 0 Å². The minimum Gasteiger partial charge on any atom is -0.296 e. The Morgan fingerprint density at radius 3 is 1.52 bits per heavy atom. The van der Waals surface area contributed by atoms with E-state index >= 15 is 0 Å². The Kier molecular flexibility index (Phi) is 5.05. The monoisotopic (exact) mass is 415 g/mol. The Morgan fingerprint density at radius 2 is 1.11 bits per heavy atom. The van der Waals surface area contributed by atoms with Crippen LogP contribution in [0.25, 0.3) is 0 Å². The Balaban J connectivity index is 2.05. The van der Waals surface area contributed by atoms with Gasteiger partial charge in [0.25, 0.3) is 0 Å². The molecule has 3 fully saturated rings. The zero-order valence-corrected chi connectivity index (χ0v) is 19.0. The van der Waals surface area contributed by atoms with Gasteiger partial charge in [0, 0.05) is 11.7 Å². The van der Waals surface area contributed by atoms with E-state index in [-0.39, 0.29) is 5.31 Å². The van der Waals surface area contributed by atoms with Gasteiger partial charge in [-0.05, 0) is 81.1 Å². The lowest BCUT2D eigenvalue weighted by Gasteiger charge is -2.29. The van der Waals surface area contributed by atoms with Crippen LogP contribution in [0.15, 0.2) is 11.1 Å². The van der Waals surface area contributed by atoms with Crippen molar-refractivity contribution in [3.8, 4) is 0 Å². The van der Waals surface area contributed by atoms with Gasteiger partial charge in [0.05, 0.1) is 5.31 Å². The molecule has 0 amide bonds. The van der Waals surface area contributed by atoms with Gasteiger partial charge in [0.15, 0.2) is 0 Å². The van der Waals surface area contributed by atoms with Crippen LogP contribution in [-0.2, 0) is 27.2 Å². The van der Waals surface area contributed by atoms with E-state index in [0.717, 1.165) is 0 Å². The fraction of sp³-hybridized carbons (Fsp3) is 0.632. The second-order valence-corrected chi connectivity index (χ2v) is 12.7. The molecule has 0 atom stereocenters. The van der Waals surface area contributed by atoms with Crippen LogP contribution in [0.3, 0.4) is 0 Å². The summed E-state index contributed by atoms with van der Waals surface area (Å²) in [6, 6.07) is 0. The lowest BCUT2D eigenvalue weighted by Crippen LogP contribution is -2.41. The molecule has 0 bridgehead atoms. The average molecular weight is 415 g/mol. The minimum atomic E-state index is -3.76. The third-order valence-electron chi connectivity index (χ3n) is 5.84. The summed E-state index contributed by atoms with van der Waals surface area (Å²) in [4.78, 5) is 0. The Labute approximate surface area is 163 Å². The molecule has 0 spiro atoms. The van der Waals surface area contributed by atoms with Crippen LogP contribution in [-0.4, -0.2) is 22.4 Å². The van der Waals surface area contributed by atoms with Crippen molar-refractivity contribution >= 4 is 15.2 Å². The fourth-order valence-electron chi connectivity index (χ4n) is 2.86. The largest absolute Gasteiger partial charge is 0.359 e. The van der Waals surface area contributed by atoms with E-state index in [9.17, 15) is 9.13 Å². The molecule has 6 nitrogen and oxygen atoms in total. The smallest absolute Gasteiger partial charge is 0.296 e. The molecule has 2 aliphatic heterocycles. The molecular weight excluding hydrogens is 386 g/mol. The van der Waals surface area contributed by atoms with Crippen molar-refractivity contribution in [1.29, 1.82) is 0 Å². The van der Waals surface area contributed by atoms with Crippen molar-refractivity contribution < 1.29 is 27.2 Å². The Morgan fingerprint density at radius 1 is 0.741 bits per heavy atom. The van der Waals surface area contributed by atoms with Gasteiger partial charge in [-0.3, -0.25) is 27.2 Å². The predicted octanol–water partition coefficient (Wildman–Crippen LogP) is 5.83. The van der Waals surface area contributed by atoms with Crippen LogP contribution in [0.5, 0.6) is 0 Å². The molecule has 2 heterocycles. The molecule has 0 aromatic carbocycles. The van der Waals surface area contributed by atoms with Gasteiger partial charge in [-0.1, -0.05) is 0 Å². The van der Waals surface area contributed by atoms with Crippen LogP contribution < -0.4 is 0 Å². The third-order valence-corrected chi connectivity index (χ3v) is 10.4. The van der Waals surface area contributed by atoms with E-state index in [1.54, 1.807) is 12.8 Å². The summed E-state index contributed by atoms with van der Waals surface area (Å²) in [5.41, 5.74) is -3.14. The number of hydrogen-bond acceptors (Lipinski definition) is 6. The van der Waals surface area contributed by atoms with Gasteiger partial charge in [0.1, 0.15) is 22.4 Å². The molecular formula is C19H29O6P2. The quantitative estimate of drug-likeness (QED) is 0.541. The van der Waals surface area contributed by atoms with E-state index in [2.05, 4.69) is 0 Å². The highest BCUT2D eigenvalue weighted by molar-refractivity contribution is 7.62. The van der Waals surface area contributed by atoms with Gasteiger partial charge in [0.2, 0.25) is 0 Å². The SMILES string of the molecule is CC1(C)OP(=O)(/C=C(/[C]2[CH][CH][CH][CH]2)P2(=O)OC(C)(C)C(C)(C)O2)OC1(C)C. The highest BCUT2D eigenvalue weighted by atomic mass is 31.2. The lowest BCUT2D eigenvalue weighted by atomic mass is 9.90. The fourth-order valence-corrected chi connectivity index (χ4v) is 8.50. The van der Waals surface area contributed by atoms with E-state index in [0.29, 0.717) is 5.92 Å². The first-order valence-corrected chi connectivity index (χ1v) is 12.2. The van der Waals surface area contributed by atoms with Crippen molar-refractivity contribution in [1.82, 2.24) is 0 Å². The predicted molar refractivity (Wildman–Crippen MR) is 104 cm³/mol. The summed E-state index contributed by atoms with van der Waals surface area (Å²) in [6.07, 6.45) is 7.16. The van der Waals surface area contributed by atoms with Crippen molar-refractivity contribution in [2.45, 2.75) is 77.8 Å². The van der Waals surface area contributed by atoms with Gasteiger partial charge in [-0.15, -0.1) is 0 Å². The first-order chi connectivity index (χ1) is 12.0. The molecule has 8 heteroatoms. The highest BCUT2D eigenvalue weighted by Crippen LogP contribution is 2.75. The van der Waals surface area contributed by atoms with Crippen molar-refractivity contribution in [2.24, 2.45) is 0 Å². The van der Waals surface area contributed by atoms with Crippen LogP contribution in [0.2, 0.25) is 0 Å². The molecule has 27 heavy (non-hydrogen) atoms.